The molecule has 1 aromatic carbocycles. The smallest absolute Gasteiger partial charge is 0.323 e. The fraction of sp³-hybridized carbons (Fsp3) is 0.412. The highest BCUT2D eigenvalue weighted by Crippen LogP contribution is 2.24. The zero-order chi connectivity index (χ0) is 14.7. The largest absolute Gasteiger partial charge is 0.465 e. The van der Waals surface area contributed by atoms with Crippen LogP contribution in [0.4, 0.5) is 0 Å². The van der Waals surface area contributed by atoms with E-state index >= 15 is 0 Å². The van der Waals surface area contributed by atoms with Gasteiger partial charge in [-0.25, -0.2) is 0 Å². The molecule has 1 fully saturated rings. The third kappa shape index (κ3) is 2.90. The summed E-state index contributed by atoms with van der Waals surface area (Å²) in [5.74, 6) is -0.0895. The number of rotatable bonds is 4. The summed E-state index contributed by atoms with van der Waals surface area (Å²) in [6.07, 6.45) is 3.78. The molecule has 1 unspecified atom stereocenters. The number of fused-ring (bicyclic) bond motifs is 1. The fourth-order valence-electron chi connectivity index (χ4n) is 3.03. The van der Waals surface area contributed by atoms with Crippen molar-refractivity contribution >= 4 is 16.9 Å². The second kappa shape index (κ2) is 6.22. The van der Waals surface area contributed by atoms with Crippen molar-refractivity contribution in [2.24, 2.45) is 0 Å². The molecule has 1 aromatic heterocycles. The summed E-state index contributed by atoms with van der Waals surface area (Å²) in [4.78, 5) is 18.6. The highest BCUT2D eigenvalue weighted by molar-refractivity contribution is 5.82. The number of hydrogen-bond donors (Lipinski definition) is 0. The third-order valence-corrected chi connectivity index (χ3v) is 4.04. The number of nitrogens with zero attached hydrogens (tertiary/aromatic N) is 2. The summed E-state index contributed by atoms with van der Waals surface area (Å²) in [5, 5.41) is 1.16. The van der Waals surface area contributed by atoms with Crippen LogP contribution in [0.2, 0.25) is 0 Å². The Morgan fingerprint density at radius 1 is 1.38 bits per heavy atom. The van der Waals surface area contributed by atoms with Gasteiger partial charge in [-0.2, -0.15) is 0 Å². The van der Waals surface area contributed by atoms with Crippen LogP contribution >= 0.6 is 0 Å². The molecule has 0 radical (unpaired) electrons. The SMILES string of the molecule is CCOC(=O)C1CCCN1Cc1ccnc2ccccc12. The van der Waals surface area contributed by atoms with Gasteiger partial charge < -0.3 is 4.74 Å². The predicted molar refractivity (Wildman–Crippen MR) is 81.8 cm³/mol. The molecule has 0 spiro atoms. The Hall–Kier alpha value is -1.94. The van der Waals surface area contributed by atoms with E-state index < -0.39 is 0 Å². The normalized spacial score (nSPS) is 19.0. The average molecular weight is 284 g/mol. The summed E-state index contributed by atoms with van der Waals surface area (Å²) in [7, 11) is 0. The summed E-state index contributed by atoms with van der Waals surface area (Å²) < 4.78 is 5.19. The molecule has 0 saturated carbocycles. The maximum atomic E-state index is 12.0. The number of ether oxygens (including phenoxy) is 1. The molecular formula is C17H20N2O2. The number of benzene rings is 1. The van der Waals surface area contributed by atoms with Crippen LogP contribution in [0.1, 0.15) is 25.3 Å². The van der Waals surface area contributed by atoms with Gasteiger partial charge >= 0.3 is 5.97 Å². The lowest BCUT2D eigenvalue weighted by Crippen LogP contribution is -2.36. The first kappa shape index (κ1) is 14.0. The molecule has 21 heavy (non-hydrogen) atoms. The van der Waals surface area contributed by atoms with E-state index in [4.69, 9.17) is 4.74 Å². The number of likely N-dealkylation sites (tertiary alicyclic amines) is 1. The number of esters is 1. The first-order valence-corrected chi connectivity index (χ1v) is 7.53. The molecule has 0 amide bonds. The number of carbonyl (C=O) groups excluding carboxylic acids is 1. The third-order valence-electron chi connectivity index (χ3n) is 4.04. The van der Waals surface area contributed by atoms with E-state index in [1.807, 2.05) is 37.4 Å². The van der Waals surface area contributed by atoms with Crippen LogP contribution < -0.4 is 0 Å². The summed E-state index contributed by atoms with van der Waals surface area (Å²) >= 11 is 0. The second-order valence-corrected chi connectivity index (χ2v) is 5.37. The Kier molecular flexibility index (Phi) is 4.15. The summed E-state index contributed by atoms with van der Waals surface area (Å²) in [5.41, 5.74) is 2.22. The van der Waals surface area contributed by atoms with E-state index in [9.17, 15) is 4.79 Å². The lowest BCUT2D eigenvalue weighted by molar-refractivity contribution is -0.148. The van der Waals surface area contributed by atoms with Crippen LogP contribution in [0.5, 0.6) is 0 Å². The topological polar surface area (TPSA) is 42.4 Å². The minimum Gasteiger partial charge on any atom is -0.465 e. The Morgan fingerprint density at radius 2 is 2.24 bits per heavy atom. The van der Waals surface area contributed by atoms with Gasteiger partial charge in [-0.15, -0.1) is 0 Å². The molecule has 1 aliphatic heterocycles. The van der Waals surface area contributed by atoms with Gasteiger partial charge in [0.25, 0.3) is 0 Å². The minimum atomic E-state index is -0.100. The van der Waals surface area contributed by atoms with Crippen LogP contribution in [0.15, 0.2) is 36.5 Å². The molecule has 1 aliphatic rings. The number of pyridine rings is 1. The Balaban J connectivity index is 1.83. The van der Waals surface area contributed by atoms with E-state index in [0.717, 1.165) is 36.8 Å². The van der Waals surface area contributed by atoms with Gasteiger partial charge in [-0.1, -0.05) is 18.2 Å². The van der Waals surface area contributed by atoms with Crippen molar-refractivity contribution in [1.29, 1.82) is 0 Å². The molecule has 2 heterocycles. The van der Waals surface area contributed by atoms with Gasteiger partial charge in [0.15, 0.2) is 0 Å². The fourth-order valence-corrected chi connectivity index (χ4v) is 3.03. The minimum absolute atomic E-state index is 0.0895. The first-order valence-electron chi connectivity index (χ1n) is 7.53. The maximum Gasteiger partial charge on any atom is 0.323 e. The van der Waals surface area contributed by atoms with E-state index in [-0.39, 0.29) is 12.0 Å². The van der Waals surface area contributed by atoms with Crippen LogP contribution in [-0.4, -0.2) is 35.0 Å². The zero-order valence-corrected chi connectivity index (χ0v) is 12.3. The van der Waals surface area contributed by atoms with Gasteiger partial charge in [-0.3, -0.25) is 14.7 Å². The number of carbonyl (C=O) groups is 1. The van der Waals surface area contributed by atoms with Crippen molar-refractivity contribution in [2.75, 3.05) is 13.2 Å². The molecule has 0 N–H and O–H groups in total. The molecule has 0 bridgehead atoms. The molecule has 4 heteroatoms. The molecule has 1 saturated heterocycles. The van der Waals surface area contributed by atoms with Crippen molar-refractivity contribution in [2.45, 2.75) is 32.4 Å². The van der Waals surface area contributed by atoms with E-state index in [1.165, 1.54) is 5.56 Å². The lowest BCUT2D eigenvalue weighted by Gasteiger charge is -2.23. The maximum absolute atomic E-state index is 12.0. The van der Waals surface area contributed by atoms with E-state index in [2.05, 4.69) is 16.0 Å². The van der Waals surface area contributed by atoms with Crippen LogP contribution in [-0.2, 0) is 16.1 Å². The molecule has 1 atom stereocenters. The quantitative estimate of drug-likeness (QED) is 0.810. The summed E-state index contributed by atoms with van der Waals surface area (Å²) in [6, 6.07) is 10.1. The van der Waals surface area contributed by atoms with E-state index in [0.29, 0.717) is 6.61 Å². The Bertz CT molecular complexity index is 636. The number of hydrogen-bond acceptors (Lipinski definition) is 4. The first-order chi connectivity index (χ1) is 10.3. The van der Waals surface area contributed by atoms with Crippen LogP contribution in [0, 0.1) is 0 Å². The van der Waals surface area contributed by atoms with Gasteiger partial charge in [-0.05, 0) is 44.0 Å². The zero-order valence-electron chi connectivity index (χ0n) is 12.3. The molecular weight excluding hydrogens is 264 g/mol. The standard InChI is InChI=1S/C17H20N2O2/c1-2-21-17(20)16-8-5-11-19(16)12-13-9-10-18-15-7-4-3-6-14(13)15/h3-4,6-7,9-10,16H,2,5,8,11-12H2,1H3. The van der Waals surface area contributed by atoms with Crippen molar-refractivity contribution in [3.8, 4) is 0 Å². The molecule has 4 nitrogen and oxygen atoms in total. The Labute approximate surface area is 124 Å². The Morgan fingerprint density at radius 3 is 3.10 bits per heavy atom. The van der Waals surface area contributed by atoms with Crippen LogP contribution in [0.3, 0.4) is 0 Å². The number of para-hydroxylation sites is 1. The lowest BCUT2D eigenvalue weighted by atomic mass is 10.1. The molecule has 110 valence electrons. The highest BCUT2D eigenvalue weighted by atomic mass is 16.5. The van der Waals surface area contributed by atoms with Crippen molar-refractivity contribution in [3.05, 3.63) is 42.1 Å². The number of aromatic nitrogens is 1. The van der Waals surface area contributed by atoms with Gasteiger partial charge in [0, 0.05) is 18.1 Å². The monoisotopic (exact) mass is 284 g/mol. The molecule has 2 aromatic rings. The van der Waals surface area contributed by atoms with Crippen molar-refractivity contribution in [1.82, 2.24) is 9.88 Å². The molecule has 3 rings (SSSR count). The van der Waals surface area contributed by atoms with Crippen molar-refractivity contribution < 1.29 is 9.53 Å². The van der Waals surface area contributed by atoms with Crippen molar-refractivity contribution in [3.63, 3.8) is 0 Å². The van der Waals surface area contributed by atoms with Gasteiger partial charge in [0.2, 0.25) is 0 Å². The van der Waals surface area contributed by atoms with Gasteiger partial charge in [0.05, 0.1) is 12.1 Å². The van der Waals surface area contributed by atoms with E-state index in [1.54, 1.807) is 0 Å². The van der Waals surface area contributed by atoms with Crippen LogP contribution in [0.25, 0.3) is 10.9 Å². The summed E-state index contributed by atoms with van der Waals surface area (Å²) in [6.45, 7) is 4.02. The highest BCUT2D eigenvalue weighted by Gasteiger charge is 2.31. The second-order valence-electron chi connectivity index (χ2n) is 5.37. The average Bonchev–Trinajstić information content (AvgIpc) is 2.96. The van der Waals surface area contributed by atoms with Gasteiger partial charge in [0.1, 0.15) is 6.04 Å². The predicted octanol–water partition coefficient (Wildman–Crippen LogP) is 2.76. The molecule has 0 aliphatic carbocycles.